The van der Waals surface area contributed by atoms with Crippen LogP contribution in [0.2, 0.25) is 0 Å². The monoisotopic (exact) mass is 347 g/mol. The van der Waals surface area contributed by atoms with Crippen LogP contribution in [0.4, 0.5) is 10.5 Å². The Balaban J connectivity index is 2.01. The molecule has 132 valence electrons. The minimum atomic E-state index is -1.18. The van der Waals surface area contributed by atoms with Crippen LogP contribution in [0.3, 0.4) is 0 Å². The van der Waals surface area contributed by atoms with Crippen molar-refractivity contribution in [2.75, 3.05) is 18.5 Å². The average Bonchev–Trinajstić information content (AvgIpc) is 2.98. The Bertz CT molecular complexity index is 906. The van der Waals surface area contributed by atoms with Crippen LogP contribution in [-0.2, 0) is 10.3 Å². The predicted octanol–water partition coefficient (Wildman–Crippen LogP) is 3.58. The van der Waals surface area contributed by atoms with Crippen molar-refractivity contribution in [3.8, 4) is 0 Å². The summed E-state index contributed by atoms with van der Waals surface area (Å²) in [5, 5.41) is 0. The Morgan fingerprint density at radius 3 is 2.42 bits per heavy atom. The number of aliphatic imine (C=N–C) groups is 1. The first-order valence-electron chi connectivity index (χ1n) is 8.96. The quantitative estimate of drug-likeness (QED) is 0.849. The Labute approximate surface area is 152 Å². The van der Waals surface area contributed by atoms with Gasteiger partial charge in [0.1, 0.15) is 0 Å². The smallest absolute Gasteiger partial charge is 0.312 e. The van der Waals surface area contributed by atoms with Gasteiger partial charge in [-0.2, -0.15) is 4.99 Å². The molecular formula is C21H21N3O2. The number of fused-ring (bicyclic) bond motifs is 3. The molecule has 2 aromatic rings. The van der Waals surface area contributed by atoms with Crippen molar-refractivity contribution in [3.63, 3.8) is 0 Å². The molecule has 0 bridgehead atoms. The topological polar surface area (TPSA) is 53.0 Å². The number of amides is 3. The van der Waals surface area contributed by atoms with E-state index in [-0.39, 0.29) is 11.9 Å². The first-order valence-corrected chi connectivity index (χ1v) is 8.96. The maximum absolute atomic E-state index is 13.7. The normalized spacial score (nSPS) is 21.5. The molecule has 0 saturated heterocycles. The molecule has 2 aliphatic rings. The fourth-order valence-electron chi connectivity index (χ4n) is 3.97. The van der Waals surface area contributed by atoms with E-state index in [1.54, 1.807) is 16.8 Å². The summed E-state index contributed by atoms with van der Waals surface area (Å²) in [7, 11) is 1.77. The van der Waals surface area contributed by atoms with Crippen molar-refractivity contribution in [2.45, 2.75) is 25.3 Å². The molecule has 0 spiro atoms. The summed E-state index contributed by atoms with van der Waals surface area (Å²) in [5.74, 6) is -0.136. The standard InChI is InChI=1S/C21H21N3O2/c1-3-4-14-24-20(26)22-18-16-12-8-9-13-17(16)23(2)19(25)21(18,24)15-10-6-5-7-11-15/h5-13H,3-4,14H2,1-2H3. The molecule has 3 amide bonds. The van der Waals surface area contributed by atoms with Gasteiger partial charge in [0.25, 0.3) is 5.91 Å². The molecule has 1 atom stereocenters. The van der Waals surface area contributed by atoms with E-state index in [2.05, 4.69) is 11.9 Å². The van der Waals surface area contributed by atoms with Crippen molar-refractivity contribution >= 4 is 23.3 Å². The fourth-order valence-corrected chi connectivity index (χ4v) is 3.97. The highest BCUT2D eigenvalue weighted by molar-refractivity contribution is 6.34. The van der Waals surface area contributed by atoms with Crippen LogP contribution in [0, 0.1) is 0 Å². The summed E-state index contributed by atoms with van der Waals surface area (Å²) < 4.78 is 0. The Kier molecular flexibility index (Phi) is 3.87. The minimum Gasteiger partial charge on any atom is -0.312 e. The average molecular weight is 347 g/mol. The number of nitrogens with zero attached hydrogens (tertiary/aromatic N) is 3. The lowest BCUT2D eigenvalue weighted by molar-refractivity contribution is -0.125. The van der Waals surface area contributed by atoms with Crippen molar-refractivity contribution in [2.24, 2.45) is 4.99 Å². The van der Waals surface area contributed by atoms with Gasteiger partial charge in [-0.25, -0.2) is 4.79 Å². The van der Waals surface area contributed by atoms with Crippen LogP contribution in [0.5, 0.6) is 0 Å². The van der Waals surface area contributed by atoms with E-state index in [0.717, 1.165) is 29.7 Å². The van der Waals surface area contributed by atoms with Gasteiger partial charge < -0.3 is 4.90 Å². The zero-order valence-corrected chi connectivity index (χ0v) is 15.0. The van der Waals surface area contributed by atoms with Gasteiger partial charge in [-0.05, 0) is 18.1 Å². The van der Waals surface area contributed by atoms with Crippen LogP contribution in [0.1, 0.15) is 30.9 Å². The number of benzene rings is 2. The Hall–Kier alpha value is -2.95. The number of hydrogen-bond donors (Lipinski definition) is 0. The summed E-state index contributed by atoms with van der Waals surface area (Å²) in [6.45, 7) is 2.57. The van der Waals surface area contributed by atoms with Crippen molar-refractivity contribution < 1.29 is 9.59 Å². The zero-order chi connectivity index (χ0) is 18.3. The van der Waals surface area contributed by atoms with Crippen LogP contribution in [0.25, 0.3) is 0 Å². The molecule has 2 aromatic carbocycles. The summed E-state index contributed by atoms with van der Waals surface area (Å²) >= 11 is 0. The molecule has 5 heteroatoms. The van der Waals surface area contributed by atoms with Crippen LogP contribution in [0.15, 0.2) is 59.6 Å². The van der Waals surface area contributed by atoms with Gasteiger partial charge in [-0.3, -0.25) is 9.69 Å². The van der Waals surface area contributed by atoms with E-state index in [0.29, 0.717) is 12.3 Å². The number of carbonyl (C=O) groups is 2. The highest BCUT2D eigenvalue weighted by Gasteiger charge is 2.60. The van der Waals surface area contributed by atoms with Crippen LogP contribution in [-0.4, -0.2) is 36.1 Å². The molecule has 0 saturated carbocycles. The third-order valence-corrected chi connectivity index (χ3v) is 5.25. The van der Waals surface area contributed by atoms with E-state index in [9.17, 15) is 9.59 Å². The lowest BCUT2D eigenvalue weighted by atomic mass is 9.76. The van der Waals surface area contributed by atoms with E-state index < -0.39 is 5.54 Å². The molecule has 0 radical (unpaired) electrons. The fraction of sp³-hybridized carbons (Fsp3) is 0.286. The number of rotatable bonds is 4. The molecule has 2 aliphatic heterocycles. The molecule has 1 unspecified atom stereocenters. The van der Waals surface area contributed by atoms with Gasteiger partial charge in [0.15, 0.2) is 5.54 Å². The summed E-state index contributed by atoms with van der Waals surface area (Å²) in [4.78, 5) is 34.2. The molecule has 0 aromatic heterocycles. The number of carbonyl (C=O) groups excluding carboxylic acids is 2. The van der Waals surface area contributed by atoms with E-state index in [1.807, 2.05) is 54.6 Å². The van der Waals surface area contributed by atoms with E-state index >= 15 is 0 Å². The largest absolute Gasteiger partial charge is 0.345 e. The number of unbranched alkanes of at least 4 members (excludes halogenated alkanes) is 1. The first kappa shape index (κ1) is 16.5. The number of para-hydroxylation sites is 1. The SMILES string of the molecule is CCCCN1C(=O)N=C2c3ccccc3N(C)C(=O)C21c1ccccc1. The number of anilines is 1. The second kappa shape index (κ2) is 6.09. The van der Waals surface area contributed by atoms with Crippen molar-refractivity contribution in [3.05, 3.63) is 65.7 Å². The van der Waals surface area contributed by atoms with Crippen LogP contribution < -0.4 is 4.90 Å². The van der Waals surface area contributed by atoms with E-state index in [4.69, 9.17) is 0 Å². The van der Waals surface area contributed by atoms with Gasteiger partial charge in [0.05, 0.1) is 11.4 Å². The third kappa shape index (κ3) is 2.06. The molecule has 2 heterocycles. The second-order valence-electron chi connectivity index (χ2n) is 6.71. The lowest BCUT2D eigenvalue weighted by Gasteiger charge is -2.44. The minimum absolute atomic E-state index is 0.136. The van der Waals surface area contributed by atoms with Crippen LogP contribution >= 0.6 is 0 Å². The maximum atomic E-state index is 13.7. The molecule has 0 N–H and O–H groups in total. The summed E-state index contributed by atoms with van der Waals surface area (Å²) in [5.41, 5.74) is 1.77. The highest BCUT2D eigenvalue weighted by atomic mass is 16.2. The molecule has 0 fully saturated rings. The van der Waals surface area contributed by atoms with Gasteiger partial charge in [0.2, 0.25) is 0 Å². The summed E-state index contributed by atoms with van der Waals surface area (Å²) in [6, 6.07) is 16.8. The third-order valence-electron chi connectivity index (χ3n) is 5.25. The van der Waals surface area contributed by atoms with Gasteiger partial charge in [-0.1, -0.05) is 61.9 Å². The highest BCUT2D eigenvalue weighted by Crippen LogP contribution is 2.45. The van der Waals surface area contributed by atoms with Gasteiger partial charge >= 0.3 is 6.03 Å². The van der Waals surface area contributed by atoms with Crippen molar-refractivity contribution in [1.82, 2.24) is 4.90 Å². The predicted molar refractivity (Wildman–Crippen MR) is 102 cm³/mol. The molecule has 5 nitrogen and oxygen atoms in total. The molecule has 4 rings (SSSR count). The number of urea groups is 1. The molecular weight excluding hydrogens is 326 g/mol. The molecule has 0 aliphatic carbocycles. The molecule has 26 heavy (non-hydrogen) atoms. The number of likely N-dealkylation sites (N-methyl/N-ethyl adjacent to an activating group) is 1. The second-order valence-corrected chi connectivity index (χ2v) is 6.71. The lowest BCUT2D eigenvalue weighted by Crippen LogP contribution is -2.62. The van der Waals surface area contributed by atoms with Gasteiger partial charge in [0, 0.05) is 19.2 Å². The maximum Gasteiger partial charge on any atom is 0.345 e. The van der Waals surface area contributed by atoms with E-state index in [1.165, 1.54) is 0 Å². The zero-order valence-electron chi connectivity index (χ0n) is 15.0. The van der Waals surface area contributed by atoms with Crippen molar-refractivity contribution in [1.29, 1.82) is 0 Å². The Morgan fingerprint density at radius 2 is 1.69 bits per heavy atom. The summed E-state index contributed by atoms with van der Waals surface area (Å²) in [6.07, 6.45) is 1.76. The van der Waals surface area contributed by atoms with Gasteiger partial charge in [-0.15, -0.1) is 0 Å². The number of hydrogen-bond acceptors (Lipinski definition) is 2. The Morgan fingerprint density at radius 1 is 1.00 bits per heavy atom. The first-order chi connectivity index (χ1) is 12.6.